The summed E-state index contributed by atoms with van der Waals surface area (Å²) < 4.78 is 45.5. The number of aliphatic hydroxyl groups excluding tert-OH is 1. The molecule has 0 aliphatic carbocycles. The van der Waals surface area contributed by atoms with Crippen LogP contribution >= 0.6 is 0 Å². The van der Waals surface area contributed by atoms with Crippen molar-refractivity contribution in [2.75, 3.05) is 6.61 Å². The molecule has 1 atom stereocenters. The maximum atomic E-state index is 13.3. The number of benzene rings is 3. The van der Waals surface area contributed by atoms with E-state index in [9.17, 15) is 27.9 Å². The zero-order valence-corrected chi connectivity index (χ0v) is 20.3. The minimum absolute atomic E-state index is 0.135. The number of amides is 1. The molecule has 4 rings (SSSR count). The summed E-state index contributed by atoms with van der Waals surface area (Å²) in [5.74, 6) is -1.43. The summed E-state index contributed by atoms with van der Waals surface area (Å²) in [4.78, 5) is 27.6. The summed E-state index contributed by atoms with van der Waals surface area (Å²) in [6.07, 6.45) is -4.55. The predicted octanol–water partition coefficient (Wildman–Crippen LogP) is 6.36. The van der Waals surface area contributed by atoms with Gasteiger partial charge in [0.15, 0.2) is 0 Å². The third kappa shape index (κ3) is 5.69. The van der Waals surface area contributed by atoms with Crippen molar-refractivity contribution >= 4 is 17.4 Å². The average molecular weight is 510 g/mol. The van der Waals surface area contributed by atoms with E-state index in [1.54, 1.807) is 54.6 Å². The third-order valence-electron chi connectivity index (χ3n) is 5.95. The molecule has 3 aromatic carbocycles. The molecule has 5 nitrogen and oxygen atoms in total. The fraction of sp³-hybridized carbons (Fsp3) is 0.241. The second-order valence-electron chi connectivity index (χ2n) is 9.27. The van der Waals surface area contributed by atoms with Gasteiger partial charge in [-0.05, 0) is 41.3 Å². The largest absolute Gasteiger partial charge is 0.507 e. The number of carbonyl (C=O) groups is 2. The molecule has 3 aromatic rings. The van der Waals surface area contributed by atoms with E-state index in [4.69, 9.17) is 4.74 Å². The van der Waals surface area contributed by atoms with E-state index < -0.39 is 29.5 Å². The lowest BCUT2D eigenvalue weighted by Crippen LogP contribution is -2.29. The fourth-order valence-corrected chi connectivity index (χ4v) is 4.22. The Bertz CT molecular complexity index is 1330. The number of ketones is 1. The summed E-state index contributed by atoms with van der Waals surface area (Å²) in [6, 6.07) is 18.8. The Hall–Kier alpha value is -4.07. The van der Waals surface area contributed by atoms with Gasteiger partial charge >= 0.3 is 6.18 Å². The maximum Gasteiger partial charge on any atom is 0.416 e. The topological polar surface area (TPSA) is 66.8 Å². The van der Waals surface area contributed by atoms with Gasteiger partial charge in [-0.3, -0.25) is 9.59 Å². The van der Waals surface area contributed by atoms with Crippen molar-refractivity contribution in [3.63, 3.8) is 0 Å². The Balaban J connectivity index is 1.78. The first kappa shape index (κ1) is 26.0. The number of halogens is 3. The standard InChI is InChI=1S/C29H26F3NO4/c1-18(2)17-37-23-13-7-11-21(15-23)26(34)24-25(20-9-4-3-5-10-20)33(28(36)27(24)35)16-19-8-6-12-22(14-19)29(30,31)32/h3-15,18,25,34H,16-17H2,1-2H3/b26-24+. The van der Waals surface area contributed by atoms with Gasteiger partial charge in [0.05, 0.1) is 23.8 Å². The van der Waals surface area contributed by atoms with Crippen LogP contribution in [-0.4, -0.2) is 28.3 Å². The second-order valence-corrected chi connectivity index (χ2v) is 9.27. The van der Waals surface area contributed by atoms with Crippen molar-refractivity contribution in [3.8, 4) is 5.75 Å². The van der Waals surface area contributed by atoms with E-state index in [1.807, 2.05) is 13.8 Å². The molecule has 1 aliphatic rings. The molecule has 0 spiro atoms. The molecule has 37 heavy (non-hydrogen) atoms. The van der Waals surface area contributed by atoms with Crippen LogP contribution in [0.4, 0.5) is 13.2 Å². The molecule has 1 amide bonds. The molecule has 0 radical (unpaired) electrons. The summed E-state index contributed by atoms with van der Waals surface area (Å²) >= 11 is 0. The quantitative estimate of drug-likeness (QED) is 0.229. The smallest absolute Gasteiger partial charge is 0.416 e. The Kier molecular flexibility index (Phi) is 7.38. The van der Waals surface area contributed by atoms with E-state index in [0.29, 0.717) is 23.5 Å². The normalized spacial score (nSPS) is 17.5. The molecule has 192 valence electrons. The minimum atomic E-state index is -4.55. The molecule has 0 aromatic heterocycles. The van der Waals surface area contributed by atoms with Crippen molar-refractivity contribution in [3.05, 3.63) is 107 Å². The highest BCUT2D eigenvalue weighted by molar-refractivity contribution is 6.46. The zero-order valence-electron chi connectivity index (χ0n) is 20.3. The number of rotatable bonds is 7. The number of carbonyl (C=O) groups excluding carboxylic acids is 2. The predicted molar refractivity (Wildman–Crippen MR) is 133 cm³/mol. The van der Waals surface area contributed by atoms with Gasteiger partial charge in [0.25, 0.3) is 11.7 Å². The molecule has 1 fully saturated rings. The van der Waals surface area contributed by atoms with Gasteiger partial charge in [-0.1, -0.05) is 68.4 Å². The molecule has 1 unspecified atom stereocenters. The first-order valence-corrected chi connectivity index (χ1v) is 11.8. The van der Waals surface area contributed by atoms with Crippen LogP contribution in [0.2, 0.25) is 0 Å². The minimum Gasteiger partial charge on any atom is -0.507 e. The summed E-state index contributed by atoms with van der Waals surface area (Å²) in [6.45, 7) is 4.20. The lowest BCUT2D eigenvalue weighted by molar-refractivity contribution is -0.140. The van der Waals surface area contributed by atoms with Crippen molar-refractivity contribution < 1.29 is 32.6 Å². The van der Waals surface area contributed by atoms with Crippen molar-refractivity contribution in [1.82, 2.24) is 4.90 Å². The molecule has 0 saturated carbocycles. The maximum absolute atomic E-state index is 13.3. The Morgan fingerprint density at radius 1 is 0.973 bits per heavy atom. The van der Waals surface area contributed by atoms with Gasteiger partial charge in [-0.2, -0.15) is 13.2 Å². The number of Topliss-reactive ketones (excluding diaryl/α,β-unsaturated/α-hetero) is 1. The van der Waals surface area contributed by atoms with Crippen LogP contribution in [-0.2, 0) is 22.3 Å². The van der Waals surface area contributed by atoms with E-state index in [1.165, 1.54) is 17.0 Å². The van der Waals surface area contributed by atoms with Crippen LogP contribution in [0.5, 0.6) is 5.75 Å². The second kappa shape index (κ2) is 10.5. The van der Waals surface area contributed by atoms with Crippen LogP contribution < -0.4 is 4.74 Å². The molecular weight excluding hydrogens is 483 g/mol. The van der Waals surface area contributed by atoms with Gasteiger partial charge < -0.3 is 14.7 Å². The van der Waals surface area contributed by atoms with Gasteiger partial charge in [0.1, 0.15) is 11.5 Å². The van der Waals surface area contributed by atoms with Crippen LogP contribution in [0.15, 0.2) is 84.4 Å². The van der Waals surface area contributed by atoms with Gasteiger partial charge in [-0.25, -0.2) is 0 Å². The average Bonchev–Trinajstić information content (AvgIpc) is 3.12. The molecule has 8 heteroatoms. The Morgan fingerprint density at radius 3 is 2.35 bits per heavy atom. The molecule has 1 heterocycles. The highest BCUT2D eigenvalue weighted by Gasteiger charge is 2.46. The van der Waals surface area contributed by atoms with Crippen LogP contribution in [0, 0.1) is 5.92 Å². The van der Waals surface area contributed by atoms with E-state index in [0.717, 1.165) is 12.1 Å². The van der Waals surface area contributed by atoms with Gasteiger partial charge in [0, 0.05) is 12.1 Å². The highest BCUT2D eigenvalue weighted by atomic mass is 19.4. The molecule has 1 saturated heterocycles. The molecule has 1 aliphatic heterocycles. The number of hydrogen-bond donors (Lipinski definition) is 1. The number of aliphatic hydroxyl groups is 1. The Morgan fingerprint density at radius 2 is 1.68 bits per heavy atom. The summed E-state index contributed by atoms with van der Waals surface area (Å²) in [7, 11) is 0. The lowest BCUT2D eigenvalue weighted by atomic mass is 9.95. The van der Waals surface area contributed by atoms with Gasteiger partial charge in [0.2, 0.25) is 0 Å². The number of nitrogens with zero attached hydrogens (tertiary/aromatic N) is 1. The number of ether oxygens (including phenoxy) is 1. The fourth-order valence-electron chi connectivity index (χ4n) is 4.22. The Labute approximate surface area is 212 Å². The highest BCUT2D eigenvalue weighted by Crippen LogP contribution is 2.41. The van der Waals surface area contributed by atoms with Crippen molar-refractivity contribution in [1.29, 1.82) is 0 Å². The lowest BCUT2D eigenvalue weighted by Gasteiger charge is -2.25. The zero-order chi connectivity index (χ0) is 26.7. The molecule has 0 bridgehead atoms. The number of likely N-dealkylation sites (tertiary alicyclic amines) is 1. The summed E-state index contributed by atoms with van der Waals surface area (Å²) in [5, 5.41) is 11.3. The van der Waals surface area contributed by atoms with Crippen LogP contribution in [0.3, 0.4) is 0 Å². The number of hydrogen-bond acceptors (Lipinski definition) is 4. The third-order valence-corrected chi connectivity index (χ3v) is 5.95. The van der Waals surface area contributed by atoms with E-state index >= 15 is 0 Å². The summed E-state index contributed by atoms with van der Waals surface area (Å²) in [5.41, 5.74) is 0.0590. The number of alkyl halides is 3. The van der Waals surface area contributed by atoms with Crippen LogP contribution in [0.25, 0.3) is 5.76 Å². The van der Waals surface area contributed by atoms with E-state index in [2.05, 4.69) is 0 Å². The molecular formula is C29H26F3NO4. The van der Waals surface area contributed by atoms with Crippen LogP contribution in [0.1, 0.15) is 42.1 Å². The first-order chi connectivity index (χ1) is 17.6. The van der Waals surface area contributed by atoms with Gasteiger partial charge in [-0.15, -0.1) is 0 Å². The molecule has 1 N–H and O–H groups in total. The van der Waals surface area contributed by atoms with Crippen molar-refractivity contribution in [2.45, 2.75) is 32.6 Å². The van der Waals surface area contributed by atoms with E-state index in [-0.39, 0.29) is 29.4 Å². The van der Waals surface area contributed by atoms with Crippen molar-refractivity contribution in [2.24, 2.45) is 5.92 Å². The first-order valence-electron chi connectivity index (χ1n) is 11.8. The SMILES string of the molecule is CC(C)COc1cccc(/C(O)=C2\C(=O)C(=O)N(Cc3cccc(C(F)(F)F)c3)C2c2ccccc2)c1. The monoisotopic (exact) mass is 509 g/mol.